The maximum absolute atomic E-state index is 12.5. The van der Waals surface area contributed by atoms with E-state index in [1.807, 2.05) is 4.90 Å². The molecule has 0 spiro atoms. The molecule has 18 heavy (non-hydrogen) atoms. The summed E-state index contributed by atoms with van der Waals surface area (Å²) in [6, 6.07) is 0.571. The van der Waals surface area contributed by atoms with Gasteiger partial charge >= 0.3 is 0 Å². The standard InChI is InChI=1S/C14H27N3O/c1-11-5-4-8-17(12(11)2)13(3)14(18)16-9-6-15-7-10-16/h11-13,15H,4-10H2,1-3H3. The highest BCUT2D eigenvalue weighted by Crippen LogP contribution is 2.25. The fourth-order valence-corrected chi connectivity index (χ4v) is 3.21. The highest BCUT2D eigenvalue weighted by atomic mass is 16.2. The Morgan fingerprint density at radius 1 is 1.22 bits per heavy atom. The van der Waals surface area contributed by atoms with Crippen LogP contribution in [0.1, 0.15) is 33.6 Å². The van der Waals surface area contributed by atoms with Crippen LogP contribution in [0.15, 0.2) is 0 Å². The van der Waals surface area contributed by atoms with Gasteiger partial charge in [-0.25, -0.2) is 0 Å². The lowest BCUT2D eigenvalue weighted by molar-refractivity contribution is -0.138. The van der Waals surface area contributed by atoms with Gasteiger partial charge in [0.05, 0.1) is 6.04 Å². The van der Waals surface area contributed by atoms with Crippen molar-refractivity contribution in [2.24, 2.45) is 5.92 Å². The van der Waals surface area contributed by atoms with Crippen LogP contribution in [0, 0.1) is 5.92 Å². The second kappa shape index (κ2) is 6.02. The Morgan fingerprint density at radius 3 is 2.56 bits per heavy atom. The van der Waals surface area contributed by atoms with Crippen molar-refractivity contribution in [1.29, 1.82) is 0 Å². The van der Waals surface area contributed by atoms with Crippen molar-refractivity contribution in [2.75, 3.05) is 32.7 Å². The number of rotatable bonds is 2. The minimum Gasteiger partial charge on any atom is -0.339 e. The molecule has 3 atom stereocenters. The molecule has 2 fully saturated rings. The molecule has 2 aliphatic heterocycles. The summed E-state index contributed by atoms with van der Waals surface area (Å²) in [5.74, 6) is 1.02. The third-order valence-corrected chi connectivity index (χ3v) is 4.71. The molecule has 0 aliphatic carbocycles. The highest BCUT2D eigenvalue weighted by Gasteiger charge is 2.33. The van der Waals surface area contributed by atoms with Crippen LogP contribution in [0.4, 0.5) is 0 Å². The third-order valence-electron chi connectivity index (χ3n) is 4.71. The molecule has 2 heterocycles. The Bertz CT molecular complexity index is 289. The number of hydrogen-bond acceptors (Lipinski definition) is 3. The number of nitrogens with zero attached hydrogens (tertiary/aromatic N) is 2. The van der Waals surface area contributed by atoms with Gasteiger partial charge in [-0.15, -0.1) is 0 Å². The molecule has 0 saturated carbocycles. The predicted octanol–water partition coefficient (Wildman–Crippen LogP) is 0.927. The van der Waals surface area contributed by atoms with Crippen molar-refractivity contribution >= 4 is 5.91 Å². The van der Waals surface area contributed by atoms with E-state index >= 15 is 0 Å². The Labute approximate surface area is 111 Å². The van der Waals surface area contributed by atoms with Gasteiger partial charge < -0.3 is 10.2 Å². The highest BCUT2D eigenvalue weighted by molar-refractivity contribution is 5.81. The minimum atomic E-state index is 0.0425. The summed E-state index contributed by atoms with van der Waals surface area (Å²) in [5, 5.41) is 3.30. The number of carbonyl (C=O) groups is 1. The molecule has 104 valence electrons. The molecule has 4 heteroatoms. The summed E-state index contributed by atoms with van der Waals surface area (Å²) in [5.41, 5.74) is 0. The summed E-state index contributed by atoms with van der Waals surface area (Å²) in [4.78, 5) is 16.9. The third kappa shape index (κ3) is 2.86. The monoisotopic (exact) mass is 253 g/mol. The van der Waals surface area contributed by atoms with Gasteiger partial charge in [0.2, 0.25) is 5.91 Å². The normalized spacial score (nSPS) is 32.3. The van der Waals surface area contributed by atoms with Crippen LogP contribution >= 0.6 is 0 Å². The van der Waals surface area contributed by atoms with Gasteiger partial charge in [-0.3, -0.25) is 9.69 Å². The van der Waals surface area contributed by atoms with E-state index in [1.165, 1.54) is 12.8 Å². The summed E-state index contributed by atoms with van der Waals surface area (Å²) < 4.78 is 0. The first-order valence-electron chi connectivity index (χ1n) is 7.36. The number of carbonyl (C=O) groups excluding carboxylic acids is 1. The van der Waals surface area contributed by atoms with Crippen LogP contribution in [0.2, 0.25) is 0 Å². The molecule has 2 rings (SSSR count). The van der Waals surface area contributed by atoms with E-state index in [4.69, 9.17) is 0 Å². The SMILES string of the molecule is CC1CCCN(C(C)C(=O)N2CCNCC2)C1C. The van der Waals surface area contributed by atoms with Gasteiger partial charge in [0.15, 0.2) is 0 Å². The van der Waals surface area contributed by atoms with Crippen molar-refractivity contribution < 1.29 is 4.79 Å². The van der Waals surface area contributed by atoms with E-state index in [2.05, 4.69) is 31.0 Å². The minimum absolute atomic E-state index is 0.0425. The molecule has 0 aromatic carbocycles. The largest absolute Gasteiger partial charge is 0.339 e. The second-order valence-electron chi connectivity index (χ2n) is 5.85. The zero-order valence-corrected chi connectivity index (χ0v) is 12.0. The van der Waals surface area contributed by atoms with Crippen LogP contribution in [0.25, 0.3) is 0 Å². The maximum Gasteiger partial charge on any atom is 0.239 e. The van der Waals surface area contributed by atoms with E-state index < -0.39 is 0 Å². The van der Waals surface area contributed by atoms with Crippen LogP contribution in [-0.2, 0) is 4.79 Å². The van der Waals surface area contributed by atoms with Crippen molar-refractivity contribution in [3.05, 3.63) is 0 Å². The van der Waals surface area contributed by atoms with Crippen molar-refractivity contribution in [1.82, 2.24) is 15.1 Å². The van der Waals surface area contributed by atoms with E-state index in [1.54, 1.807) is 0 Å². The number of piperidine rings is 1. The molecule has 3 unspecified atom stereocenters. The molecular weight excluding hydrogens is 226 g/mol. The second-order valence-corrected chi connectivity index (χ2v) is 5.85. The molecular formula is C14H27N3O. The zero-order chi connectivity index (χ0) is 13.1. The average Bonchev–Trinajstić information content (AvgIpc) is 2.41. The van der Waals surface area contributed by atoms with Gasteiger partial charge in [0.1, 0.15) is 0 Å². The molecule has 0 aromatic rings. The van der Waals surface area contributed by atoms with Gasteiger partial charge in [-0.2, -0.15) is 0 Å². The lowest BCUT2D eigenvalue weighted by atomic mass is 9.90. The first kappa shape index (κ1) is 13.8. The van der Waals surface area contributed by atoms with Crippen LogP contribution in [-0.4, -0.2) is 60.5 Å². The van der Waals surface area contributed by atoms with Crippen LogP contribution < -0.4 is 5.32 Å². The fraction of sp³-hybridized carbons (Fsp3) is 0.929. The Balaban J connectivity index is 1.96. The Morgan fingerprint density at radius 2 is 1.89 bits per heavy atom. The summed E-state index contributed by atoms with van der Waals surface area (Å²) in [6.07, 6.45) is 2.52. The molecule has 4 nitrogen and oxygen atoms in total. The molecule has 0 radical (unpaired) electrons. The molecule has 1 N–H and O–H groups in total. The topological polar surface area (TPSA) is 35.6 Å². The maximum atomic E-state index is 12.5. The smallest absolute Gasteiger partial charge is 0.239 e. The van der Waals surface area contributed by atoms with E-state index in [-0.39, 0.29) is 6.04 Å². The van der Waals surface area contributed by atoms with Crippen molar-refractivity contribution in [3.63, 3.8) is 0 Å². The number of amides is 1. The number of nitrogens with one attached hydrogen (secondary N) is 1. The number of hydrogen-bond donors (Lipinski definition) is 1. The van der Waals surface area contributed by atoms with Gasteiger partial charge in [0.25, 0.3) is 0 Å². The van der Waals surface area contributed by atoms with Crippen molar-refractivity contribution in [3.8, 4) is 0 Å². The predicted molar refractivity (Wildman–Crippen MR) is 73.5 cm³/mol. The Hall–Kier alpha value is -0.610. The molecule has 1 amide bonds. The summed E-state index contributed by atoms with van der Waals surface area (Å²) >= 11 is 0. The van der Waals surface area contributed by atoms with Crippen LogP contribution in [0.3, 0.4) is 0 Å². The van der Waals surface area contributed by atoms with Crippen LogP contribution in [0.5, 0.6) is 0 Å². The van der Waals surface area contributed by atoms with Gasteiger partial charge in [-0.1, -0.05) is 6.92 Å². The molecule has 2 saturated heterocycles. The first-order chi connectivity index (χ1) is 8.61. The average molecular weight is 253 g/mol. The quantitative estimate of drug-likeness (QED) is 0.795. The summed E-state index contributed by atoms with van der Waals surface area (Å²) in [7, 11) is 0. The molecule has 0 aromatic heterocycles. The number of likely N-dealkylation sites (tertiary alicyclic amines) is 1. The Kier molecular flexibility index (Phi) is 4.62. The van der Waals surface area contributed by atoms with E-state index in [0.717, 1.165) is 32.7 Å². The molecule has 0 bridgehead atoms. The van der Waals surface area contributed by atoms with E-state index in [9.17, 15) is 4.79 Å². The van der Waals surface area contributed by atoms with Crippen molar-refractivity contribution in [2.45, 2.75) is 45.7 Å². The zero-order valence-electron chi connectivity index (χ0n) is 12.0. The summed E-state index contributed by atoms with van der Waals surface area (Å²) in [6.45, 7) is 11.3. The molecule has 2 aliphatic rings. The fourth-order valence-electron chi connectivity index (χ4n) is 3.21. The number of piperazine rings is 1. The lowest BCUT2D eigenvalue weighted by Crippen LogP contribution is -2.56. The van der Waals surface area contributed by atoms with Gasteiger partial charge in [-0.05, 0) is 39.2 Å². The van der Waals surface area contributed by atoms with E-state index in [0.29, 0.717) is 17.9 Å². The lowest BCUT2D eigenvalue weighted by Gasteiger charge is -2.42. The van der Waals surface area contributed by atoms with Gasteiger partial charge in [0, 0.05) is 32.2 Å². The first-order valence-corrected chi connectivity index (χ1v) is 7.36.